The first-order valence-corrected chi connectivity index (χ1v) is 5.31. The Morgan fingerprint density at radius 3 is 3.00 bits per heavy atom. The average Bonchev–Trinajstić information content (AvgIpc) is 2.26. The summed E-state index contributed by atoms with van der Waals surface area (Å²) >= 11 is 0. The number of hydrogen-bond donors (Lipinski definition) is 1. The maximum atomic E-state index is 11.3. The van der Waals surface area contributed by atoms with Crippen LogP contribution in [0, 0.1) is 0 Å². The lowest BCUT2D eigenvalue weighted by molar-refractivity contribution is 0.345. The van der Waals surface area contributed by atoms with Gasteiger partial charge in [-0.2, -0.15) is 0 Å². The fourth-order valence-corrected chi connectivity index (χ4v) is 1.35. The van der Waals surface area contributed by atoms with Gasteiger partial charge in [-0.1, -0.05) is 26.0 Å². The van der Waals surface area contributed by atoms with Crippen LogP contribution in [-0.4, -0.2) is 6.61 Å². The van der Waals surface area contributed by atoms with Crippen LogP contribution in [0.4, 0.5) is 0 Å². The molecule has 0 aromatic carbocycles. The molecule has 0 aliphatic carbocycles. The second kappa shape index (κ2) is 6.12. The van der Waals surface area contributed by atoms with E-state index in [0.29, 0.717) is 18.1 Å². The number of rotatable bonds is 6. The van der Waals surface area contributed by atoms with E-state index in [-0.39, 0.29) is 6.04 Å². The van der Waals surface area contributed by atoms with Gasteiger partial charge in [0.05, 0.1) is 12.1 Å². The van der Waals surface area contributed by atoms with Crippen molar-refractivity contribution in [2.24, 2.45) is 5.73 Å². The van der Waals surface area contributed by atoms with E-state index in [9.17, 15) is 4.79 Å². The summed E-state index contributed by atoms with van der Waals surface area (Å²) in [7, 11) is 0. The van der Waals surface area contributed by atoms with Crippen LogP contribution in [0.1, 0.15) is 31.6 Å². The summed E-state index contributed by atoms with van der Waals surface area (Å²) in [6, 6.07) is 2.70. The lowest BCUT2D eigenvalue weighted by Crippen LogP contribution is -2.13. The van der Waals surface area contributed by atoms with Gasteiger partial charge >= 0.3 is 5.63 Å². The summed E-state index contributed by atoms with van der Waals surface area (Å²) in [6.07, 6.45) is 3.32. The SMILES string of the molecule is C=CCOc1cc(C(N)CCC)oc(=O)c1. The van der Waals surface area contributed by atoms with E-state index in [2.05, 4.69) is 6.58 Å². The molecule has 0 saturated carbocycles. The maximum Gasteiger partial charge on any atom is 0.339 e. The van der Waals surface area contributed by atoms with Crippen molar-refractivity contribution >= 4 is 0 Å². The molecule has 0 bridgehead atoms. The molecule has 4 nitrogen and oxygen atoms in total. The molecule has 0 radical (unpaired) electrons. The molecule has 1 aromatic rings. The normalized spacial score (nSPS) is 12.1. The third-order valence-corrected chi connectivity index (χ3v) is 2.10. The van der Waals surface area contributed by atoms with Gasteiger partial charge in [-0.25, -0.2) is 4.79 Å². The summed E-state index contributed by atoms with van der Waals surface area (Å²) in [5.74, 6) is 0.936. The fourth-order valence-electron chi connectivity index (χ4n) is 1.35. The molecule has 1 heterocycles. The van der Waals surface area contributed by atoms with E-state index in [1.165, 1.54) is 6.07 Å². The Labute approximate surface area is 94.7 Å². The molecule has 1 atom stereocenters. The average molecular weight is 223 g/mol. The molecular formula is C12H17NO3. The van der Waals surface area contributed by atoms with E-state index in [1.807, 2.05) is 6.92 Å². The van der Waals surface area contributed by atoms with Crippen molar-refractivity contribution in [3.63, 3.8) is 0 Å². The van der Waals surface area contributed by atoms with E-state index in [4.69, 9.17) is 14.9 Å². The first kappa shape index (κ1) is 12.5. The molecule has 0 fully saturated rings. The molecule has 1 unspecified atom stereocenters. The third-order valence-electron chi connectivity index (χ3n) is 2.10. The highest BCUT2D eigenvalue weighted by atomic mass is 16.5. The van der Waals surface area contributed by atoms with Gasteiger partial charge in [0.2, 0.25) is 0 Å². The number of ether oxygens (including phenoxy) is 1. The second-order valence-corrected chi connectivity index (χ2v) is 3.51. The van der Waals surface area contributed by atoms with Gasteiger partial charge in [0.1, 0.15) is 18.1 Å². The number of nitrogens with two attached hydrogens (primary N) is 1. The molecular weight excluding hydrogens is 206 g/mol. The largest absolute Gasteiger partial charge is 0.489 e. The zero-order valence-electron chi connectivity index (χ0n) is 9.44. The summed E-state index contributed by atoms with van der Waals surface area (Å²) < 4.78 is 10.3. The van der Waals surface area contributed by atoms with Gasteiger partial charge in [-0.15, -0.1) is 0 Å². The minimum atomic E-state index is -0.442. The molecule has 88 valence electrons. The third kappa shape index (κ3) is 3.55. The molecule has 4 heteroatoms. The summed E-state index contributed by atoms with van der Waals surface area (Å²) in [4.78, 5) is 11.3. The zero-order chi connectivity index (χ0) is 12.0. The molecule has 0 saturated heterocycles. The molecule has 0 spiro atoms. The Bertz CT molecular complexity index is 397. The fraction of sp³-hybridized carbons (Fsp3) is 0.417. The monoisotopic (exact) mass is 223 g/mol. The Kier molecular flexibility index (Phi) is 4.79. The van der Waals surface area contributed by atoms with Crippen LogP contribution in [0.5, 0.6) is 5.75 Å². The minimum Gasteiger partial charge on any atom is -0.489 e. The van der Waals surface area contributed by atoms with Crippen molar-refractivity contribution in [3.8, 4) is 5.75 Å². The predicted molar refractivity (Wildman–Crippen MR) is 62.5 cm³/mol. The van der Waals surface area contributed by atoms with Crippen LogP contribution in [-0.2, 0) is 0 Å². The Morgan fingerprint density at radius 1 is 1.62 bits per heavy atom. The van der Waals surface area contributed by atoms with Gasteiger partial charge in [-0.05, 0) is 6.42 Å². The lowest BCUT2D eigenvalue weighted by atomic mass is 10.1. The molecule has 16 heavy (non-hydrogen) atoms. The summed E-state index contributed by atoms with van der Waals surface area (Å²) in [5.41, 5.74) is 5.42. The van der Waals surface area contributed by atoms with Gasteiger partial charge in [0, 0.05) is 6.07 Å². The van der Waals surface area contributed by atoms with Crippen molar-refractivity contribution in [1.82, 2.24) is 0 Å². The molecule has 0 aliphatic heterocycles. The molecule has 0 aliphatic rings. The Hall–Kier alpha value is -1.55. The van der Waals surface area contributed by atoms with Crippen LogP contribution in [0.3, 0.4) is 0 Å². The minimum absolute atomic E-state index is 0.259. The first-order valence-electron chi connectivity index (χ1n) is 5.31. The highest BCUT2D eigenvalue weighted by molar-refractivity contribution is 5.22. The standard InChI is InChI=1S/C12H17NO3/c1-3-5-10(13)11-7-9(15-6-4-2)8-12(14)16-11/h4,7-8,10H,2-3,5-6,13H2,1H3. The maximum absolute atomic E-state index is 11.3. The van der Waals surface area contributed by atoms with Crippen molar-refractivity contribution in [3.05, 3.63) is 41.0 Å². The highest BCUT2D eigenvalue weighted by Crippen LogP contribution is 2.18. The molecule has 2 N–H and O–H groups in total. The van der Waals surface area contributed by atoms with E-state index in [1.54, 1.807) is 12.1 Å². The van der Waals surface area contributed by atoms with E-state index >= 15 is 0 Å². The highest BCUT2D eigenvalue weighted by Gasteiger charge is 2.10. The quantitative estimate of drug-likeness (QED) is 0.749. The number of hydrogen-bond acceptors (Lipinski definition) is 4. The van der Waals surface area contributed by atoms with E-state index in [0.717, 1.165) is 12.8 Å². The lowest BCUT2D eigenvalue weighted by Gasteiger charge is -2.10. The van der Waals surface area contributed by atoms with Crippen LogP contribution >= 0.6 is 0 Å². The topological polar surface area (TPSA) is 65.5 Å². The van der Waals surface area contributed by atoms with Crippen LogP contribution in [0.2, 0.25) is 0 Å². The van der Waals surface area contributed by atoms with Crippen LogP contribution < -0.4 is 16.1 Å². The second-order valence-electron chi connectivity index (χ2n) is 3.51. The van der Waals surface area contributed by atoms with E-state index < -0.39 is 5.63 Å². The molecule has 1 aromatic heterocycles. The first-order chi connectivity index (χ1) is 7.67. The summed E-state index contributed by atoms with van der Waals surface area (Å²) in [5, 5.41) is 0. The smallest absolute Gasteiger partial charge is 0.339 e. The van der Waals surface area contributed by atoms with Crippen molar-refractivity contribution in [2.45, 2.75) is 25.8 Å². The Balaban J connectivity index is 2.88. The van der Waals surface area contributed by atoms with Crippen molar-refractivity contribution in [2.75, 3.05) is 6.61 Å². The Morgan fingerprint density at radius 2 is 2.38 bits per heavy atom. The predicted octanol–water partition coefficient (Wildman–Crippen LogP) is 2.00. The van der Waals surface area contributed by atoms with Gasteiger partial charge in [0.15, 0.2) is 0 Å². The van der Waals surface area contributed by atoms with Crippen molar-refractivity contribution < 1.29 is 9.15 Å². The van der Waals surface area contributed by atoms with Crippen molar-refractivity contribution in [1.29, 1.82) is 0 Å². The zero-order valence-corrected chi connectivity index (χ0v) is 9.44. The van der Waals surface area contributed by atoms with Crippen LogP contribution in [0.25, 0.3) is 0 Å². The molecule has 0 amide bonds. The van der Waals surface area contributed by atoms with Gasteiger partial charge in [0.25, 0.3) is 0 Å². The van der Waals surface area contributed by atoms with Crippen LogP contribution in [0.15, 0.2) is 34.0 Å². The van der Waals surface area contributed by atoms with Gasteiger partial charge < -0.3 is 14.9 Å². The summed E-state index contributed by atoms with van der Waals surface area (Å²) in [6.45, 7) is 5.91. The molecule has 1 rings (SSSR count). The van der Waals surface area contributed by atoms with Gasteiger partial charge in [-0.3, -0.25) is 0 Å².